The van der Waals surface area contributed by atoms with E-state index in [0.717, 1.165) is 16.7 Å². The zero-order valence-corrected chi connectivity index (χ0v) is 18.1. The minimum atomic E-state index is -0.939. The predicted octanol–water partition coefficient (Wildman–Crippen LogP) is 4.54. The van der Waals surface area contributed by atoms with Crippen molar-refractivity contribution in [3.05, 3.63) is 41.4 Å². The van der Waals surface area contributed by atoms with E-state index in [4.69, 9.17) is 16.3 Å². The molecule has 2 aromatic carbocycles. The van der Waals surface area contributed by atoms with Gasteiger partial charge in [0.25, 0.3) is 5.91 Å². The van der Waals surface area contributed by atoms with Crippen LogP contribution in [0.5, 0.6) is 5.75 Å². The summed E-state index contributed by atoms with van der Waals surface area (Å²) in [5, 5.41) is 4.88. The van der Waals surface area contributed by atoms with Gasteiger partial charge in [-0.05, 0) is 42.7 Å². The van der Waals surface area contributed by atoms with E-state index in [1.165, 1.54) is 0 Å². The minimum absolute atomic E-state index is 0.0701. The first-order valence-corrected chi connectivity index (χ1v) is 10.5. The summed E-state index contributed by atoms with van der Waals surface area (Å²) in [4.78, 5) is 39.4. The normalized spacial score (nSPS) is 25.6. The van der Waals surface area contributed by atoms with Gasteiger partial charge in [0.1, 0.15) is 17.8 Å². The summed E-state index contributed by atoms with van der Waals surface area (Å²) in [6.45, 7) is 5.86. The maximum absolute atomic E-state index is 13.2. The smallest absolute Gasteiger partial charge is 0.331 e. The number of amides is 3. The van der Waals surface area contributed by atoms with Crippen LogP contribution in [0.4, 0.5) is 4.79 Å². The molecule has 3 amide bonds. The fourth-order valence-corrected chi connectivity index (χ4v) is 5.49. The number of nitrogens with zero attached hydrogens (tertiary/aromatic N) is 1. The molecule has 1 saturated carbocycles. The van der Waals surface area contributed by atoms with Crippen LogP contribution in [-0.4, -0.2) is 34.9 Å². The zero-order chi connectivity index (χ0) is 21.7. The van der Waals surface area contributed by atoms with Crippen LogP contribution in [0.25, 0.3) is 10.8 Å². The van der Waals surface area contributed by atoms with E-state index in [-0.39, 0.29) is 11.3 Å². The second-order valence-electron chi connectivity index (χ2n) is 9.32. The topological polar surface area (TPSA) is 75.7 Å². The van der Waals surface area contributed by atoms with Gasteiger partial charge < -0.3 is 10.1 Å². The highest BCUT2D eigenvalue weighted by molar-refractivity contribution is 6.35. The molecular weight excluding hydrogens is 404 g/mol. The molecule has 2 aliphatic rings. The Kier molecular flexibility index (Phi) is 5.01. The quantitative estimate of drug-likeness (QED) is 0.442. The van der Waals surface area contributed by atoms with Crippen LogP contribution in [0.1, 0.15) is 40.0 Å². The molecule has 2 atom stereocenters. The van der Waals surface area contributed by atoms with Gasteiger partial charge in [-0.15, -0.1) is 0 Å². The van der Waals surface area contributed by atoms with Crippen molar-refractivity contribution in [1.82, 2.24) is 10.2 Å². The van der Waals surface area contributed by atoms with E-state index in [1.54, 1.807) is 18.2 Å². The van der Waals surface area contributed by atoms with E-state index in [9.17, 15) is 14.4 Å². The van der Waals surface area contributed by atoms with Crippen LogP contribution in [0, 0.1) is 11.3 Å². The van der Waals surface area contributed by atoms with Gasteiger partial charge in [-0.3, -0.25) is 9.69 Å². The number of rotatable bonds is 3. The van der Waals surface area contributed by atoms with Crippen molar-refractivity contribution in [2.45, 2.75) is 45.6 Å². The van der Waals surface area contributed by atoms with Gasteiger partial charge in [-0.1, -0.05) is 56.6 Å². The predicted molar refractivity (Wildman–Crippen MR) is 114 cm³/mol. The summed E-state index contributed by atoms with van der Waals surface area (Å²) in [5.74, 6) is -0.379. The van der Waals surface area contributed by atoms with Crippen LogP contribution in [0.3, 0.4) is 0 Å². The Bertz CT molecular complexity index is 1050. The van der Waals surface area contributed by atoms with Crippen LogP contribution in [0.15, 0.2) is 36.4 Å². The van der Waals surface area contributed by atoms with E-state index < -0.39 is 24.1 Å². The van der Waals surface area contributed by atoms with Gasteiger partial charge in [-0.2, -0.15) is 0 Å². The first kappa shape index (κ1) is 20.7. The number of hydrogen-bond donors (Lipinski definition) is 1. The van der Waals surface area contributed by atoms with Crippen molar-refractivity contribution in [2.75, 3.05) is 6.54 Å². The van der Waals surface area contributed by atoms with Crippen LogP contribution < -0.4 is 10.1 Å². The highest BCUT2D eigenvalue weighted by Gasteiger charge is 2.56. The number of fused-ring (bicyclic) bond motifs is 1. The number of halogens is 1. The molecule has 0 bridgehead atoms. The number of benzene rings is 2. The minimum Gasteiger partial charge on any atom is -0.425 e. The first-order chi connectivity index (χ1) is 14.1. The summed E-state index contributed by atoms with van der Waals surface area (Å²) in [6, 6.07) is 10.0. The van der Waals surface area contributed by atoms with E-state index >= 15 is 0 Å². The third kappa shape index (κ3) is 3.65. The molecule has 158 valence electrons. The third-order valence-corrected chi connectivity index (χ3v) is 6.30. The molecule has 1 aliphatic carbocycles. The Balaban J connectivity index is 1.53. The number of hydrogen-bond acceptors (Lipinski definition) is 4. The molecule has 2 aromatic rings. The maximum Gasteiger partial charge on any atom is 0.331 e. The van der Waals surface area contributed by atoms with Crippen molar-refractivity contribution in [3.8, 4) is 5.75 Å². The lowest BCUT2D eigenvalue weighted by atomic mass is 9.64. The second-order valence-corrected chi connectivity index (χ2v) is 9.73. The molecule has 1 heterocycles. The average molecular weight is 429 g/mol. The summed E-state index contributed by atoms with van der Waals surface area (Å²) >= 11 is 6.21. The van der Waals surface area contributed by atoms with Gasteiger partial charge >= 0.3 is 12.0 Å². The molecule has 4 rings (SSSR count). The molecule has 0 radical (unpaired) electrons. The number of nitrogens with one attached hydrogen (secondary N) is 1. The lowest BCUT2D eigenvalue weighted by Crippen LogP contribution is -2.54. The first-order valence-electron chi connectivity index (χ1n) is 10.1. The zero-order valence-electron chi connectivity index (χ0n) is 17.3. The standard InChI is InChI=1S/C23H25ClN2O4/c1-14-10-22(2,3)13-23(11-14)20(28)26(21(29)25-23)12-19(27)30-18-9-8-17(24)15-6-4-5-7-16(15)18/h4-9,14H,10-13H2,1-3H3,(H,25,29). The summed E-state index contributed by atoms with van der Waals surface area (Å²) in [5.41, 5.74) is -1.01. The second kappa shape index (κ2) is 7.27. The molecule has 7 heteroatoms. The van der Waals surface area contributed by atoms with E-state index in [1.807, 2.05) is 18.2 Å². The monoisotopic (exact) mass is 428 g/mol. The van der Waals surface area contributed by atoms with Crippen LogP contribution in [0.2, 0.25) is 5.02 Å². The van der Waals surface area contributed by atoms with Gasteiger partial charge in [0.2, 0.25) is 0 Å². The highest BCUT2D eigenvalue weighted by atomic mass is 35.5. The lowest BCUT2D eigenvalue weighted by molar-refractivity contribution is -0.142. The molecule has 1 aliphatic heterocycles. The molecule has 2 fully saturated rings. The highest BCUT2D eigenvalue weighted by Crippen LogP contribution is 2.46. The Morgan fingerprint density at radius 3 is 2.57 bits per heavy atom. The molecule has 1 saturated heterocycles. The average Bonchev–Trinajstić information content (AvgIpc) is 2.86. The van der Waals surface area contributed by atoms with Gasteiger partial charge in [-0.25, -0.2) is 9.59 Å². The third-order valence-electron chi connectivity index (χ3n) is 5.97. The molecule has 1 spiro atoms. The Hall–Kier alpha value is -2.60. The van der Waals surface area contributed by atoms with Gasteiger partial charge in [0.15, 0.2) is 0 Å². The van der Waals surface area contributed by atoms with Crippen molar-refractivity contribution < 1.29 is 19.1 Å². The number of ether oxygens (including phenoxy) is 1. The largest absolute Gasteiger partial charge is 0.425 e. The van der Waals surface area contributed by atoms with Crippen molar-refractivity contribution in [2.24, 2.45) is 11.3 Å². The van der Waals surface area contributed by atoms with E-state index in [2.05, 4.69) is 26.1 Å². The number of carbonyl (C=O) groups is 3. The number of carbonyl (C=O) groups excluding carboxylic acids is 3. The van der Waals surface area contributed by atoms with Crippen LogP contribution in [-0.2, 0) is 9.59 Å². The molecule has 30 heavy (non-hydrogen) atoms. The van der Waals surface area contributed by atoms with Crippen LogP contribution >= 0.6 is 11.6 Å². The van der Waals surface area contributed by atoms with Crippen molar-refractivity contribution in [3.63, 3.8) is 0 Å². The van der Waals surface area contributed by atoms with Gasteiger partial charge in [0.05, 0.1) is 0 Å². The molecular formula is C23H25ClN2O4. The SMILES string of the molecule is CC1CC(C)(C)CC2(C1)NC(=O)N(CC(=O)Oc1ccc(Cl)c3ccccc13)C2=O. The molecule has 2 unspecified atom stereocenters. The number of esters is 1. The molecule has 0 aromatic heterocycles. The Morgan fingerprint density at radius 2 is 1.87 bits per heavy atom. The molecule has 1 N–H and O–H groups in total. The lowest BCUT2D eigenvalue weighted by Gasteiger charge is -2.43. The fourth-order valence-electron chi connectivity index (χ4n) is 5.26. The van der Waals surface area contributed by atoms with Crippen molar-refractivity contribution in [1.29, 1.82) is 0 Å². The maximum atomic E-state index is 13.2. The van der Waals surface area contributed by atoms with Crippen molar-refractivity contribution >= 4 is 40.3 Å². The number of imide groups is 1. The summed E-state index contributed by atoms with van der Waals surface area (Å²) in [7, 11) is 0. The fraction of sp³-hybridized carbons (Fsp3) is 0.435. The van der Waals surface area contributed by atoms with Gasteiger partial charge in [0, 0.05) is 15.8 Å². The molecule has 6 nitrogen and oxygen atoms in total. The summed E-state index contributed by atoms with van der Waals surface area (Å²) < 4.78 is 5.51. The van der Waals surface area contributed by atoms with E-state index in [0.29, 0.717) is 34.9 Å². The number of urea groups is 1. The summed E-state index contributed by atoms with van der Waals surface area (Å²) in [6.07, 6.45) is 2.13. The Labute approximate surface area is 180 Å². The Morgan fingerprint density at radius 1 is 1.17 bits per heavy atom.